The lowest BCUT2D eigenvalue weighted by molar-refractivity contribution is -0.153. The molecule has 7 nitrogen and oxygen atoms in total. The van der Waals surface area contributed by atoms with E-state index >= 15 is 0 Å². The molecule has 0 fully saturated rings. The van der Waals surface area contributed by atoms with Gasteiger partial charge in [0.2, 0.25) is 0 Å². The van der Waals surface area contributed by atoms with Crippen LogP contribution in [-0.2, 0) is 14.3 Å². The third kappa shape index (κ3) is 3.65. The molecule has 0 aromatic heterocycles. The Bertz CT molecular complexity index is 1150. The molecule has 1 heterocycles. The van der Waals surface area contributed by atoms with Crippen LogP contribution in [0.1, 0.15) is 27.6 Å². The van der Waals surface area contributed by atoms with E-state index < -0.39 is 36.3 Å². The molecule has 4 rings (SSSR count). The van der Waals surface area contributed by atoms with Crippen LogP contribution in [0.3, 0.4) is 0 Å². The van der Waals surface area contributed by atoms with Gasteiger partial charge in [-0.2, -0.15) is 0 Å². The molecule has 0 spiro atoms. The highest BCUT2D eigenvalue weighted by Crippen LogP contribution is 2.22. The maximum absolute atomic E-state index is 12.4. The van der Waals surface area contributed by atoms with Crippen LogP contribution < -0.4 is 5.32 Å². The molecule has 150 valence electrons. The summed E-state index contributed by atoms with van der Waals surface area (Å²) in [4.78, 5) is 50.1. The molecule has 1 atom stereocenters. The van der Waals surface area contributed by atoms with Crippen LogP contribution in [-0.4, -0.2) is 41.2 Å². The number of carbonyl (C=O) groups excluding carboxylic acids is 4. The summed E-state index contributed by atoms with van der Waals surface area (Å²) in [6, 6.07) is 19.5. The van der Waals surface area contributed by atoms with E-state index in [-0.39, 0.29) is 11.1 Å². The van der Waals surface area contributed by atoms with Gasteiger partial charge < -0.3 is 10.1 Å². The normalized spacial score (nSPS) is 13.8. The summed E-state index contributed by atoms with van der Waals surface area (Å²) in [6.07, 6.45) is -1.10. The molecule has 0 radical (unpaired) electrons. The Morgan fingerprint density at radius 1 is 0.900 bits per heavy atom. The molecular formula is C23H18N2O5. The first kappa shape index (κ1) is 19.3. The van der Waals surface area contributed by atoms with E-state index in [2.05, 4.69) is 5.32 Å². The fourth-order valence-corrected chi connectivity index (χ4v) is 3.31. The lowest BCUT2D eigenvalue weighted by Gasteiger charge is -2.17. The number of amides is 3. The van der Waals surface area contributed by atoms with Crippen molar-refractivity contribution in [3.05, 3.63) is 77.9 Å². The highest BCUT2D eigenvalue weighted by atomic mass is 16.5. The Morgan fingerprint density at radius 3 is 2.17 bits per heavy atom. The van der Waals surface area contributed by atoms with Crippen LogP contribution in [0.25, 0.3) is 10.8 Å². The molecule has 0 saturated heterocycles. The Morgan fingerprint density at radius 2 is 1.50 bits per heavy atom. The van der Waals surface area contributed by atoms with Gasteiger partial charge in [-0.3, -0.25) is 24.1 Å². The van der Waals surface area contributed by atoms with Gasteiger partial charge in [-0.15, -0.1) is 0 Å². The molecule has 0 bridgehead atoms. The van der Waals surface area contributed by atoms with Crippen LogP contribution in [0.15, 0.2) is 66.7 Å². The Labute approximate surface area is 172 Å². The number of nitrogens with zero attached hydrogens (tertiary/aromatic N) is 1. The largest absolute Gasteiger partial charge is 0.451 e. The molecular weight excluding hydrogens is 384 g/mol. The Hall–Kier alpha value is -4.00. The second-order valence-corrected chi connectivity index (χ2v) is 6.93. The first-order chi connectivity index (χ1) is 14.4. The number of ether oxygens (including phenoxy) is 1. The van der Waals surface area contributed by atoms with Crippen molar-refractivity contribution in [1.29, 1.82) is 0 Å². The predicted octanol–water partition coefficient (Wildman–Crippen LogP) is 3.01. The number of carbonyl (C=O) groups is 4. The molecule has 1 unspecified atom stereocenters. The number of benzene rings is 3. The predicted molar refractivity (Wildman–Crippen MR) is 110 cm³/mol. The second-order valence-electron chi connectivity index (χ2n) is 6.93. The van der Waals surface area contributed by atoms with E-state index in [1.807, 2.05) is 36.4 Å². The summed E-state index contributed by atoms with van der Waals surface area (Å²) in [7, 11) is 0. The molecule has 1 aliphatic rings. The van der Waals surface area contributed by atoms with Crippen LogP contribution in [0.2, 0.25) is 0 Å². The van der Waals surface area contributed by atoms with Crippen molar-refractivity contribution in [3.8, 4) is 0 Å². The van der Waals surface area contributed by atoms with E-state index in [1.54, 1.807) is 18.2 Å². The van der Waals surface area contributed by atoms with Crippen molar-refractivity contribution in [2.75, 3.05) is 11.9 Å². The SMILES string of the molecule is CC(OC(=O)CN1C(=O)c2ccccc2C1=O)C(=O)Nc1ccc2ccccc2c1. The summed E-state index contributed by atoms with van der Waals surface area (Å²) in [5, 5.41) is 4.70. The lowest BCUT2D eigenvalue weighted by atomic mass is 10.1. The van der Waals surface area contributed by atoms with Gasteiger partial charge in [0.25, 0.3) is 17.7 Å². The van der Waals surface area contributed by atoms with Gasteiger partial charge in [0, 0.05) is 5.69 Å². The minimum Gasteiger partial charge on any atom is -0.451 e. The maximum atomic E-state index is 12.4. The van der Waals surface area contributed by atoms with Crippen molar-refractivity contribution < 1.29 is 23.9 Å². The zero-order valence-electron chi connectivity index (χ0n) is 16.1. The van der Waals surface area contributed by atoms with Crippen molar-refractivity contribution in [3.63, 3.8) is 0 Å². The highest BCUT2D eigenvalue weighted by Gasteiger charge is 2.37. The number of anilines is 1. The van der Waals surface area contributed by atoms with Crippen LogP contribution in [0, 0.1) is 0 Å². The van der Waals surface area contributed by atoms with Gasteiger partial charge in [-0.1, -0.05) is 42.5 Å². The molecule has 1 aliphatic heterocycles. The monoisotopic (exact) mass is 402 g/mol. The van der Waals surface area contributed by atoms with Crippen molar-refractivity contribution in [2.24, 2.45) is 0 Å². The molecule has 3 amide bonds. The average Bonchev–Trinajstić information content (AvgIpc) is 2.98. The molecule has 30 heavy (non-hydrogen) atoms. The van der Waals surface area contributed by atoms with Gasteiger partial charge in [-0.25, -0.2) is 0 Å². The number of fused-ring (bicyclic) bond motifs is 2. The van der Waals surface area contributed by atoms with Crippen LogP contribution in [0.5, 0.6) is 0 Å². The number of esters is 1. The van der Waals surface area contributed by atoms with Crippen LogP contribution >= 0.6 is 0 Å². The number of hydrogen-bond donors (Lipinski definition) is 1. The van der Waals surface area contributed by atoms with E-state index in [0.717, 1.165) is 15.7 Å². The zero-order chi connectivity index (χ0) is 21.3. The molecule has 0 saturated carbocycles. The minimum absolute atomic E-state index is 0.248. The summed E-state index contributed by atoms with van der Waals surface area (Å²) < 4.78 is 5.13. The third-order valence-electron chi connectivity index (χ3n) is 4.86. The van der Waals surface area contributed by atoms with Gasteiger partial charge >= 0.3 is 5.97 Å². The van der Waals surface area contributed by atoms with Gasteiger partial charge in [0.15, 0.2) is 6.10 Å². The molecule has 1 N–H and O–H groups in total. The fourth-order valence-electron chi connectivity index (χ4n) is 3.31. The number of imide groups is 1. The smallest absolute Gasteiger partial charge is 0.326 e. The second kappa shape index (κ2) is 7.79. The average molecular weight is 402 g/mol. The van der Waals surface area contributed by atoms with Crippen molar-refractivity contribution >= 4 is 40.2 Å². The zero-order valence-corrected chi connectivity index (χ0v) is 16.1. The van der Waals surface area contributed by atoms with E-state index in [9.17, 15) is 19.2 Å². The molecule has 7 heteroatoms. The van der Waals surface area contributed by atoms with Crippen LogP contribution in [0.4, 0.5) is 5.69 Å². The Kier molecular flexibility index (Phi) is 5.02. The molecule has 3 aromatic carbocycles. The molecule has 0 aliphatic carbocycles. The summed E-state index contributed by atoms with van der Waals surface area (Å²) in [5.41, 5.74) is 1.07. The number of rotatable bonds is 5. The van der Waals surface area contributed by atoms with E-state index in [0.29, 0.717) is 5.69 Å². The first-order valence-electron chi connectivity index (χ1n) is 9.38. The lowest BCUT2D eigenvalue weighted by Crippen LogP contribution is -2.38. The third-order valence-corrected chi connectivity index (χ3v) is 4.86. The van der Waals surface area contributed by atoms with E-state index in [4.69, 9.17) is 4.74 Å². The van der Waals surface area contributed by atoms with E-state index in [1.165, 1.54) is 19.1 Å². The summed E-state index contributed by atoms with van der Waals surface area (Å²) in [5.74, 6) is -2.46. The van der Waals surface area contributed by atoms with Gasteiger partial charge in [0.1, 0.15) is 6.54 Å². The van der Waals surface area contributed by atoms with Gasteiger partial charge in [0.05, 0.1) is 11.1 Å². The standard InChI is InChI=1S/C23H18N2O5/c1-14(21(27)24-17-11-10-15-6-2-3-7-16(15)12-17)30-20(26)13-25-22(28)18-8-4-5-9-19(18)23(25)29/h2-12,14H,13H2,1H3,(H,24,27). The number of nitrogens with one attached hydrogen (secondary N) is 1. The van der Waals surface area contributed by atoms with Crippen molar-refractivity contribution in [1.82, 2.24) is 4.90 Å². The quantitative estimate of drug-likeness (QED) is 0.523. The van der Waals surface area contributed by atoms with Gasteiger partial charge in [-0.05, 0) is 42.0 Å². The topological polar surface area (TPSA) is 92.8 Å². The summed E-state index contributed by atoms with van der Waals surface area (Å²) >= 11 is 0. The highest BCUT2D eigenvalue weighted by molar-refractivity contribution is 6.22. The Balaban J connectivity index is 1.37. The summed E-state index contributed by atoms with van der Waals surface area (Å²) in [6.45, 7) is 0.872. The maximum Gasteiger partial charge on any atom is 0.326 e. The first-order valence-corrected chi connectivity index (χ1v) is 9.38. The fraction of sp³-hybridized carbons (Fsp3) is 0.130. The molecule has 3 aromatic rings. The number of hydrogen-bond acceptors (Lipinski definition) is 5. The van der Waals surface area contributed by atoms with Crippen molar-refractivity contribution in [2.45, 2.75) is 13.0 Å². The minimum atomic E-state index is -1.10.